The topological polar surface area (TPSA) is 88.4 Å². The number of carbonyl (C=O) groups is 1. The van der Waals surface area contributed by atoms with Crippen molar-refractivity contribution in [2.24, 2.45) is 5.73 Å². The molecule has 1 aliphatic rings. The van der Waals surface area contributed by atoms with E-state index in [0.29, 0.717) is 18.4 Å². The predicted molar refractivity (Wildman–Crippen MR) is 97.2 cm³/mol. The lowest BCUT2D eigenvalue weighted by molar-refractivity contribution is -0.140. The number of amides is 1. The Morgan fingerprint density at radius 3 is 2.54 bits per heavy atom. The van der Waals surface area contributed by atoms with Crippen molar-refractivity contribution in [1.82, 2.24) is 9.88 Å². The molecule has 6 nitrogen and oxygen atoms in total. The number of likely N-dealkylation sites (tertiary alicyclic amines) is 1. The highest BCUT2D eigenvalue weighted by Crippen LogP contribution is 2.35. The van der Waals surface area contributed by atoms with E-state index >= 15 is 0 Å². The van der Waals surface area contributed by atoms with Gasteiger partial charge in [0.1, 0.15) is 23.6 Å². The maximum Gasteiger partial charge on any atom is 0.431 e. The second kappa shape index (κ2) is 7.67. The summed E-state index contributed by atoms with van der Waals surface area (Å²) in [5.41, 5.74) is 1.99. The quantitative estimate of drug-likeness (QED) is 0.815. The van der Waals surface area contributed by atoms with Gasteiger partial charge in [-0.2, -0.15) is 13.2 Å². The first-order chi connectivity index (χ1) is 13.2. The minimum Gasteiger partial charge on any atom is -0.492 e. The molecule has 1 saturated heterocycles. The smallest absolute Gasteiger partial charge is 0.431 e. The molecule has 2 heterocycles. The summed E-state index contributed by atoms with van der Waals surface area (Å²) in [6, 6.07) is 7.18. The monoisotopic (exact) mass is 395 g/mol. The van der Waals surface area contributed by atoms with Gasteiger partial charge in [0.2, 0.25) is 0 Å². The standard InChI is InChI=1S/C19H20F3N3O3/c1-25-8-2-3-12(25)10-28-13-6-4-11(5-7-13)14-9-15(17(23)26)18(27)24-16(14)19(20,21)22/h4-7,9,12H,2-3,8,10H2,1H3,(H2,23,26)(H,24,27)/t12-/m0/s1. The van der Waals surface area contributed by atoms with E-state index in [2.05, 4.69) is 4.90 Å². The molecule has 1 aromatic heterocycles. The van der Waals surface area contributed by atoms with Crippen LogP contribution in [0.5, 0.6) is 5.75 Å². The average Bonchev–Trinajstić information content (AvgIpc) is 3.04. The summed E-state index contributed by atoms with van der Waals surface area (Å²) in [6.45, 7) is 1.51. The third-order valence-electron chi connectivity index (χ3n) is 4.87. The van der Waals surface area contributed by atoms with Crippen LogP contribution in [0, 0.1) is 0 Å². The normalized spacial score (nSPS) is 17.6. The number of halogens is 3. The number of aromatic amines is 1. The summed E-state index contributed by atoms with van der Waals surface area (Å²) >= 11 is 0. The number of primary amides is 1. The van der Waals surface area contributed by atoms with Gasteiger partial charge in [0.05, 0.1) is 0 Å². The Labute approximate surface area is 159 Å². The second-order valence-electron chi connectivity index (χ2n) is 6.77. The van der Waals surface area contributed by atoms with E-state index in [1.807, 2.05) is 7.05 Å². The molecule has 1 fully saturated rings. The Morgan fingerprint density at radius 1 is 1.32 bits per heavy atom. The summed E-state index contributed by atoms with van der Waals surface area (Å²) in [4.78, 5) is 27.0. The number of carbonyl (C=O) groups excluding carboxylic acids is 1. The van der Waals surface area contributed by atoms with Crippen LogP contribution in [0.15, 0.2) is 35.1 Å². The summed E-state index contributed by atoms with van der Waals surface area (Å²) in [6.07, 6.45) is -2.65. The number of nitrogens with one attached hydrogen (secondary N) is 1. The summed E-state index contributed by atoms with van der Waals surface area (Å²) < 4.78 is 45.8. The van der Waals surface area contributed by atoms with Crippen LogP contribution in [0.1, 0.15) is 28.9 Å². The maximum atomic E-state index is 13.3. The number of pyridine rings is 1. The first-order valence-corrected chi connectivity index (χ1v) is 8.74. The molecular weight excluding hydrogens is 375 g/mol. The number of nitrogens with two attached hydrogens (primary N) is 1. The lowest BCUT2D eigenvalue weighted by atomic mass is 10.0. The highest BCUT2D eigenvalue weighted by molar-refractivity contribution is 5.93. The number of H-pyrrole nitrogens is 1. The SMILES string of the molecule is CN1CCC[C@H]1COc1ccc(-c2cc(C(N)=O)c(=O)[nH]c2C(F)(F)F)cc1. The van der Waals surface area contributed by atoms with E-state index in [0.717, 1.165) is 25.5 Å². The van der Waals surface area contributed by atoms with Crippen molar-refractivity contribution in [3.05, 3.63) is 51.9 Å². The van der Waals surface area contributed by atoms with Gasteiger partial charge in [0.25, 0.3) is 11.5 Å². The number of hydrogen-bond acceptors (Lipinski definition) is 4. The van der Waals surface area contributed by atoms with Gasteiger partial charge in [-0.25, -0.2) is 0 Å². The van der Waals surface area contributed by atoms with Gasteiger partial charge in [0.15, 0.2) is 0 Å². The van der Waals surface area contributed by atoms with E-state index in [4.69, 9.17) is 10.5 Å². The Kier molecular flexibility index (Phi) is 5.46. The molecule has 0 spiro atoms. The fourth-order valence-corrected chi connectivity index (χ4v) is 3.28. The van der Waals surface area contributed by atoms with Crippen LogP contribution < -0.4 is 16.0 Å². The van der Waals surface area contributed by atoms with E-state index < -0.39 is 28.9 Å². The molecular formula is C19H20F3N3O3. The van der Waals surface area contributed by atoms with Gasteiger partial charge in [0, 0.05) is 11.6 Å². The van der Waals surface area contributed by atoms with Crippen LogP contribution in [0.2, 0.25) is 0 Å². The average molecular weight is 395 g/mol. The van der Waals surface area contributed by atoms with Crippen LogP contribution >= 0.6 is 0 Å². The Bertz CT molecular complexity index is 923. The Balaban J connectivity index is 1.89. The summed E-state index contributed by atoms with van der Waals surface area (Å²) in [5, 5.41) is 0. The molecule has 0 bridgehead atoms. The lowest BCUT2D eigenvalue weighted by Gasteiger charge is -2.19. The predicted octanol–water partition coefficient (Wildman–Crippen LogP) is 2.63. The van der Waals surface area contributed by atoms with Crippen molar-refractivity contribution in [1.29, 1.82) is 0 Å². The molecule has 3 N–H and O–H groups in total. The summed E-state index contributed by atoms with van der Waals surface area (Å²) in [5.74, 6) is -0.575. The van der Waals surface area contributed by atoms with Crippen molar-refractivity contribution in [2.75, 3.05) is 20.2 Å². The third-order valence-corrected chi connectivity index (χ3v) is 4.87. The number of benzene rings is 1. The molecule has 0 radical (unpaired) electrons. The van der Waals surface area contributed by atoms with Gasteiger partial charge >= 0.3 is 6.18 Å². The van der Waals surface area contributed by atoms with E-state index in [1.54, 1.807) is 17.1 Å². The van der Waals surface area contributed by atoms with Crippen molar-refractivity contribution < 1.29 is 22.7 Å². The van der Waals surface area contributed by atoms with Crippen molar-refractivity contribution in [3.63, 3.8) is 0 Å². The number of likely N-dealkylation sites (N-methyl/N-ethyl adjacent to an activating group) is 1. The minimum absolute atomic E-state index is 0.177. The minimum atomic E-state index is -4.80. The number of alkyl halides is 3. The molecule has 2 aromatic rings. The lowest BCUT2D eigenvalue weighted by Crippen LogP contribution is -2.30. The van der Waals surface area contributed by atoms with Gasteiger partial charge in [-0.1, -0.05) is 12.1 Å². The number of hydrogen-bond donors (Lipinski definition) is 2. The van der Waals surface area contributed by atoms with Crippen LogP contribution in [0.3, 0.4) is 0 Å². The maximum absolute atomic E-state index is 13.3. The number of nitrogens with zero attached hydrogens (tertiary/aromatic N) is 1. The summed E-state index contributed by atoms with van der Waals surface area (Å²) in [7, 11) is 2.02. The highest BCUT2D eigenvalue weighted by Gasteiger charge is 2.36. The van der Waals surface area contributed by atoms with E-state index in [-0.39, 0.29) is 11.1 Å². The molecule has 1 amide bonds. The molecule has 0 unspecified atom stereocenters. The third kappa shape index (κ3) is 4.19. The fraction of sp³-hybridized carbons (Fsp3) is 0.368. The molecule has 9 heteroatoms. The van der Waals surface area contributed by atoms with Crippen LogP contribution in [0.4, 0.5) is 13.2 Å². The number of aromatic nitrogens is 1. The molecule has 28 heavy (non-hydrogen) atoms. The Morgan fingerprint density at radius 2 is 2.00 bits per heavy atom. The van der Waals surface area contributed by atoms with Gasteiger partial charge in [-0.15, -0.1) is 0 Å². The van der Waals surface area contributed by atoms with E-state index in [1.165, 1.54) is 12.1 Å². The highest BCUT2D eigenvalue weighted by atomic mass is 19.4. The first kappa shape index (κ1) is 19.9. The molecule has 1 atom stereocenters. The number of ether oxygens (including phenoxy) is 1. The zero-order valence-electron chi connectivity index (χ0n) is 15.2. The second-order valence-corrected chi connectivity index (χ2v) is 6.77. The zero-order chi connectivity index (χ0) is 20.5. The Hall–Kier alpha value is -2.81. The molecule has 150 valence electrons. The van der Waals surface area contributed by atoms with Crippen molar-refractivity contribution in [2.45, 2.75) is 25.1 Å². The van der Waals surface area contributed by atoms with E-state index in [9.17, 15) is 22.8 Å². The molecule has 0 saturated carbocycles. The molecule has 1 aromatic carbocycles. The van der Waals surface area contributed by atoms with Gasteiger partial charge in [-0.05, 0) is 50.2 Å². The van der Waals surface area contributed by atoms with Gasteiger partial charge in [-0.3, -0.25) is 9.59 Å². The van der Waals surface area contributed by atoms with Crippen molar-refractivity contribution >= 4 is 5.91 Å². The number of rotatable bonds is 5. The van der Waals surface area contributed by atoms with Gasteiger partial charge < -0.3 is 20.4 Å². The largest absolute Gasteiger partial charge is 0.492 e. The fourth-order valence-electron chi connectivity index (χ4n) is 3.28. The zero-order valence-corrected chi connectivity index (χ0v) is 15.2. The molecule has 0 aliphatic carbocycles. The van der Waals surface area contributed by atoms with Crippen molar-refractivity contribution in [3.8, 4) is 16.9 Å². The van der Waals surface area contributed by atoms with Crippen LogP contribution in [0.25, 0.3) is 11.1 Å². The van der Waals surface area contributed by atoms with Crippen LogP contribution in [-0.2, 0) is 6.18 Å². The first-order valence-electron chi connectivity index (χ1n) is 8.74. The molecule has 3 rings (SSSR count). The van der Waals surface area contributed by atoms with Crippen LogP contribution in [-0.4, -0.2) is 42.0 Å². The molecule has 1 aliphatic heterocycles.